The average molecular weight is 571 g/mol. The van der Waals surface area contributed by atoms with Crippen molar-refractivity contribution in [1.29, 1.82) is 0 Å². The molecule has 1 unspecified atom stereocenters. The highest BCUT2D eigenvalue weighted by Gasteiger charge is 2.47. The molecule has 0 spiro atoms. The van der Waals surface area contributed by atoms with E-state index in [4.69, 9.17) is 27.5 Å². The number of fused-ring (bicyclic) bond motifs is 2. The number of nitrogens with two attached hydrogens (primary N) is 1. The number of hydrogen-bond donors (Lipinski definition) is 3. The second-order valence-corrected chi connectivity index (χ2v) is 10.5. The van der Waals surface area contributed by atoms with Gasteiger partial charge in [-0.25, -0.2) is 14.4 Å². The van der Waals surface area contributed by atoms with Gasteiger partial charge in [-0.1, -0.05) is 54.1 Å². The topological polar surface area (TPSA) is 136 Å². The number of halogens is 2. The number of aromatic nitrogens is 4. The summed E-state index contributed by atoms with van der Waals surface area (Å²) in [6.07, 6.45) is 0.394. The largest absolute Gasteiger partial charge is 0.481 e. The molecule has 1 aliphatic rings. The van der Waals surface area contributed by atoms with Gasteiger partial charge in [-0.3, -0.25) is 14.3 Å². The van der Waals surface area contributed by atoms with Crippen molar-refractivity contribution in [3.63, 3.8) is 0 Å². The number of carbonyl (C=O) groups is 2. The van der Waals surface area contributed by atoms with E-state index in [1.165, 1.54) is 6.07 Å². The van der Waals surface area contributed by atoms with Gasteiger partial charge >= 0.3 is 5.97 Å². The zero-order chi connectivity index (χ0) is 28.9. The van der Waals surface area contributed by atoms with Gasteiger partial charge in [0.2, 0.25) is 5.91 Å². The molecule has 0 radical (unpaired) electrons. The highest BCUT2D eigenvalue weighted by atomic mass is 35.5. The predicted molar refractivity (Wildman–Crippen MR) is 153 cm³/mol. The van der Waals surface area contributed by atoms with Gasteiger partial charge in [0.05, 0.1) is 17.6 Å². The number of rotatable bonds is 7. The highest BCUT2D eigenvalue weighted by Crippen LogP contribution is 2.45. The first-order valence-corrected chi connectivity index (χ1v) is 13.2. The van der Waals surface area contributed by atoms with E-state index >= 15 is 0 Å². The minimum absolute atomic E-state index is 0.0133. The Bertz CT molecular complexity index is 1860. The Morgan fingerprint density at radius 1 is 1.12 bits per heavy atom. The summed E-state index contributed by atoms with van der Waals surface area (Å²) in [5.41, 5.74) is 8.84. The van der Waals surface area contributed by atoms with Crippen LogP contribution in [0, 0.1) is 5.82 Å². The SMILES string of the molecule is CC1(c2ccc(CCC(=O)O)cc2)C(=O)Nc2nc(-c3nn(Cc4ccccc4F)c4ccc(Cl)cc34)nc(N)c21. The third-order valence-electron chi connectivity index (χ3n) is 7.48. The minimum atomic E-state index is -1.17. The number of nitrogen functional groups attached to an aromatic ring is 1. The lowest BCUT2D eigenvalue weighted by molar-refractivity contribution is -0.137. The highest BCUT2D eigenvalue weighted by molar-refractivity contribution is 6.31. The van der Waals surface area contributed by atoms with E-state index in [-0.39, 0.29) is 42.2 Å². The number of anilines is 2. The first-order chi connectivity index (χ1) is 19.6. The lowest BCUT2D eigenvalue weighted by atomic mass is 9.77. The molecule has 0 aliphatic carbocycles. The second-order valence-electron chi connectivity index (χ2n) is 10.1. The fraction of sp³-hybridized carbons (Fsp3) is 0.167. The molecule has 11 heteroatoms. The summed E-state index contributed by atoms with van der Waals surface area (Å²) >= 11 is 6.32. The first kappa shape index (κ1) is 26.4. The Labute approximate surface area is 238 Å². The van der Waals surface area contributed by atoms with Gasteiger partial charge < -0.3 is 16.2 Å². The van der Waals surface area contributed by atoms with Crippen molar-refractivity contribution in [3.05, 3.63) is 99.8 Å². The van der Waals surface area contributed by atoms with Crippen molar-refractivity contribution in [2.45, 2.75) is 31.7 Å². The summed E-state index contributed by atoms with van der Waals surface area (Å²) < 4.78 is 16.1. The maximum Gasteiger partial charge on any atom is 0.303 e. The number of aryl methyl sites for hydroxylation is 1. The van der Waals surface area contributed by atoms with Crippen LogP contribution in [0.4, 0.5) is 16.0 Å². The number of amides is 1. The third kappa shape index (κ3) is 4.55. The molecule has 0 fully saturated rings. The molecule has 6 rings (SSSR count). The van der Waals surface area contributed by atoms with E-state index in [1.54, 1.807) is 72.3 Å². The van der Waals surface area contributed by atoms with Crippen molar-refractivity contribution >= 4 is 46.0 Å². The number of hydrogen-bond acceptors (Lipinski definition) is 6. The van der Waals surface area contributed by atoms with E-state index in [2.05, 4.69) is 15.3 Å². The van der Waals surface area contributed by atoms with Crippen LogP contribution in [-0.4, -0.2) is 36.7 Å². The van der Waals surface area contributed by atoms with Crippen molar-refractivity contribution in [1.82, 2.24) is 19.7 Å². The van der Waals surface area contributed by atoms with Gasteiger partial charge in [0.25, 0.3) is 0 Å². The summed E-state index contributed by atoms with van der Waals surface area (Å²) in [5, 5.41) is 17.7. The number of carbonyl (C=O) groups excluding carboxylic acids is 1. The minimum Gasteiger partial charge on any atom is -0.481 e. The van der Waals surface area contributed by atoms with Crippen LogP contribution in [0.15, 0.2) is 66.7 Å². The Morgan fingerprint density at radius 2 is 1.88 bits per heavy atom. The van der Waals surface area contributed by atoms with Gasteiger partial charge in [-0.05, 0) is 48.7 Å². The van der Waals surface area contributed by atoms with Gasteiger partial charge in [-0.15, -0.1) is 0 Å². The lowest BCUT2D eigenvalue weighted by Gasteiger charge is -2.23. The summed E-state index contributed by atoms with van der Waals surface area (Å²) in [7, 11) is 0. The zero-order valence-electron chi connectivity index (χ0n) is 21.9. The van der Waals surface area contributed by atoms with Gasteiger partial charge in [0.15, 0.2) is 5.82 Å². The molecule has 3 heterocycles. The molecule has 0 bridgehead atoms. The molecule has 4 N–H and O–H groups in total. The molecule has 1 aliphatic heterocycles. The molecule has 41 heavy (non-hydrogen) atoms. The molecule has 3 aromatic carbocycles. The quantitative estimate of drug-likeness (QED) is 0.245. The van der Waals surface area contributed by atoms with Gasteiger partial charge in [0, 0.05) is 22.4 Å². The Morgan fingerprint density at radius 3 is 2.61 bits per heavy atom. The van der Waals surface area contributed by atoms with Crippen LogP contribution >= 0.6 is 11.6 Å². The van der Waals surface area contributed by atoms with Crippen molar-refractivity contribution < 1.29 is 19.1 Å². The standard InChI is InChI=1S/C30H24ClFN6O3/c1-30(18-9-6-16(7-10-18)8-13-23(39)40)24-26(33)34-28(35-27(24)36-29(30)41)25-20-14-19(31)11-12-22(20)38(37-25)15-17-4-2-3-5-21(17)32/h2-7,9-12,14H,8,13,15H2,1H3,(H,39,40)(H3,33,34,35,36,41). The number of aliphatic carboxylic acids is 1. The molecule has 1 amide bonds. The van der Waals surface area contributed by atoms with Crippen LogP contribution in [0.25, 0.3) is 22.4 Å². The van der Waals surface area contributed by atoms with Crippen LogP contribution < -0.4 is 11.1 Å². The second kappa shape index (κ2) is 9.97. The first-order valence-electron chi connectivity index (χ1n) is 12.9. The summed E-state index contributed by atoms with van der Waals surface area (Å²) in [6.45, 7) is 1.92. The van der Waals surface area contributed by atoms with Crippen molar-refractivity contribution in [3.8, 4) is 11.5 Å². The van der Waals surface area contributed by atoms with Crippen molar-refractivity contribution in [2.75, 3.05) is 11.1 Å². The molecule has 1 atom stereocenters. The van der Waals surface area contributed by atoms with Crippen molar-refractivity contribution in [2.24, 2.45) is 0 Å². The monoisotopic (exact) mass is 570 g/mol. The zero-order valence-corrected chi connectivity index (χ0v) is 22.6. The Kier molecular flexibility index (Phi) is 6.42. The number of benzene rings is 3. The number of nitrogens with one attached hydrogen (secondary N) is 1. The van der Waals surface area contributed by atoms with Gasteiger partial charge in [0.1, 0.15) is 28.6 Å². The smallest absolute Gasteiger partial charge is 0.303 e. The Balaban J connectivity index is 1.42. The van der Waals surface area contributed by atoms with E-state index in [9.17, 15) is 14.0 Å². The average Bonchev–Trinajstić information content (AvgIpc) is 3.43. The molecule has 206 valence electrons. The van der Waals surface area contributed by atoms with Gasteiger partial charge in [-0.2, -0.15) is 5.10 Å². The van der Waals surface area contributed by atoms with E-state index in [0.717, 1.165) is 5.56 Å². The third-order valence-corrected chi connectivity index (χ3v) is 7.72. The number of carboxylic acids is 1. The summed E-state index contributed by atoms with van der Waals surface area (Å²) in [5.74, 6) is -0.968. The fourth-order valence-electron chi connectivity index (χ4n) is 5.27. The fourth-order valence-corrected chi connectivity index (χ4v) is 5.44. The van der Waals surface area contributed by atoms with Crippen LogP contribution in [-0.2, 0) is 28.0 Å². The predicted octanol–water partition coefficient (Wildman–Crippen LogP) is 5.19. The Hall–Kier alpha value is -4.83. The number of carboxylic acid groups (broad SMARTS) is 1. The molecule has 9 nitrogen and oxygen atoms in total. The maximum atomic E-state index is 14.4. The summed E-state index contributed by atoms with van der Waals surface area (Å²) in [6, 6.07) is 18.9. The van der Waals surface area contributed by atoms with E-state index < -0.39 is 11.4 Å². The normalized spacial score (nSPS) is 16.1. The van der Waals surface area contributed by atoms with Crippen LogP contribution in [0.1, 0.15) is 35.6 Å². The van der Waals surface area contributed by atoms with Crippen LogP contribution in [0.2, 0.25) is 5.02 Å². The molecule has 0 saturated heterocycles. The van der Waals surface area contributed by atoms with E-state index in [0.29, 0.717) is 44.7 Å². The van der Waals surface area contributed by atoms with Crippen LogP contribution in [0.5, 0.6) is 0 Å². The van der Waals surface area contributed by atoms with Crippen LogP contribution in [0.3, 0.4) is 0 Å². The molecular weight excluding hydrogens is 547 g/mol. The molecular formula is C30H24ClFN6O3. The summed E-state index contributed by atoms with van der Waals surface area (Å²) in [4.78, 5) is 33.5. The molecule has 5 aromatic rings. The number of nitrogens with zero attached hydrogens (tertiary/aromatic N) is 4. The molecule has 2 aromatic heterocycles. The lowest BCUT2D eigenvalue weighted by Crippen LogP contribution is -2.33. The van der Waals surface area contributed by atoms with E-state index in [1.807, 2.05) is 0 Å². The molecule has 0 saturated carbocycles. The maximum absolute atomic E-state index is 14.4.